The molecule has 154 valence electrons. The van der Waals surface area contributed by atoms with Crippen LogP contribution in [0.4, 0.5) is 17.3 Å². The molecule has 0 radical (unpaired) electrons. The highest BCUT2D eigenvalue weighted by Gasteiger charge is 2.28. The summed E-state index contributed by atoms with van der Waals surface area (Å²) in [4.78, 5) is 0. The minimum Gasteiger partial charge on any atom is -0.418 e. The lowest BCUT2D eigenvalue weighted by Gasteiger charge is -2.14. The molecule has 0 atom stereocenters. The predicted molar refractivity (Wildman–Crippen MR) is 122 cm³/mol. The fourth-order valence-electron chi connectivity index (χ4n) is 4.16. The fourth-order valence-corrected chi connectivity index (χ4v) is 6.03. The average molecular weight is 428 g/mol. The summed E-state index contributed by atoms with van der Waals surface area (Å²) in [6, 6.07) is 27.1. The summed E-state index contributed by atoms with van der Waals surface area (Å²) < 4.78 is 39.0. The zero-order valence-electron chi connectivity index (χ0n) is 16.5. The van der Waals surface area contributed by atoms with Gasteiger partial charge in [-0.15, -0.1) is 0 Å². The molecule has 0 unspecified atom stereocenters. The first-order valence-electron chi connectivity index (χ1n) is 9.88. The first kappa shape index (κ1) is 20.8. The number of hydrogen-bond donors (Lipinski definition) is 0. The Bertz CT molecular complexity index is 1110. The maximum atomic E-state index is 9.75. The van der Waals surface area contributed by atoms with Gasteiger partial charge in [0.1, 0.15) is 17.3 Å². The normalized spacial score (nSPS) is 13.9. The maximum absolute atomic E-state index is 9.75. The third-order valence-electron chi connectivity index (χ3n) is 5.41. The third-order valence-corrected chi connectivity index (χ3v) is 7.66. The van der Waals surface area contributed by atoms with Crippen LogP contribution in [0.25, 0.3) is 32.7 Å². The summed E-state index contributed by atoms with van der Waals surface area (Å²) in [6.07, 6.45) is 0. The van der Waals surface area contributed by atoms with Gasteiger partial charge in [0.15, 0.2) is 0 Å². The summed E-state index contributed by atoms with van der Waals surface area (Å²) in [5.41, 5.74) is 6.01. The van der Waals surface area contributed by atoms with Crippen molar-refractivity contribution in [2.24, 2.45) is 0 Å². The van der Waals surface area contributed by atoms with E-state index < -0.39 is 7.25 Å². The molecule has 4 aromatic rings. The highest BCUT2D eigenvalue weighted by molar-refractivity contribution is 7.95. The van der Waals surface area contributed by atoms with E-state index in [0.717, 1.165) is 0 Å². The number of halogens is 4. The molecule has 0 saturated carbocycles. The predicted octanol–water partition coefficient (Wildman–Crippen LogP) is 7.61. The second-order valence-electron chi connectivity index (χ2n) is 7.33. The quantitative estimate of drug-likeness (QED) is 0.166. The zero-order valence-corrected chi connectivity index (χ0v) is 17.4. The van der Waals surface area contributed by atoms with E-state index in [1.54, 1.807) is 0 Å². The lowest BCUT2D eigenvalue weighted by Crippen LogP contribution is -2.09. The van der Waals surface area contributed by atoms with Gasteiger partial charge in [0.25, 0.3) is 0 Å². The van der Waals surface area contributed by atoms with E-state index in [4.69, 9.17) is 0 Å². The molecule has 0 aliphatic carbocycles. The molecular formula is C24H21BF4S. The topological polar surface area (TPSA) is 0 Å². The molecule has 4 aromatic carbocycles. The van der Waals surface area contributed by atoms with Crippen molar-refractivity contribution in [1.82, 2.24) is 0 Å². The Morgan fingerprint density at radius 2 is 1.07 bits per heavy atom. The molecule has 0 aromatic heterocycles. The second-order valence-corrected chi connectivity index (χ2v) is 9.71. The summed E-state index contributed by atoms with van der Waals surface area (Å²) in [7, 11) is -5.58. The van der Waals surface area contributed by atoms with Crippen molar-refractivity contribution in [1.29, 1.82) is 0 Å². The molecule has 1 aliphatic rings. The van der Waals surface area contributed by atoms with Crippen LogP contribution >= 0.6 is 0 Å². The van der Waals surface area contributed by atoms with Crippen LogP contribution in [0.3, 0.4) is 0 Å². The van der Waals surface area contributed by atoms with Crippen LogP contribution in [0.1, 0.15) is 18.1 Å². The van der Waals surface area contributed by atoms with Crippen LogP contribution < -0.4 is 0 Å². The molecule has 5 rings (SSSR count). The lowest BCUT2D eigenvalue weighted by atomic mass is 9.88. The second kappa shape index (κ2) is 8.34. The van der Waals surface area contributed by atoms with Crippen LogP contribution in [0.15, 0.2) is 72.8 Å². The molecule has 30 heavy (non-hydrogen) atoms. The summed E-state index contributed by atoms with van der Waals surface area (Å²) >= 11 is 0. The maximum Gasteiger partial charge on any atom is 0.673 e. The summed E-state index contributed by atoms with van der Waals surface area (Å²) in [5.74, 6) is 3.68. The molecule has 0 fully saturated rings. The monoisotopic (exact) mass is 428 g/mol. The highest BCUT2D eigenvalue weighted by Crippen LogP contribution is 2.42. The molecule has 0 N–H and O–H groups in total. The fraction of sp³-hybridized carbons (Fsp3) is 0.167. The van der Waals surface area contributed by atoms with Crippen LogP contribution in [0.2, 0.25) is 0 Å². The van der Waals surface area contributed by atoms with E-state index >= 15 is 0 Å². The minimum atomic E-state index is -6.00. The van der Waals surface area contributed by atoms with Crippen molar-refractivity contribution < 1.29 is 17.3 Å². The molecular weight excluding hydrogens is 407 g/mol. The van der Waals surface area contributed by atoms with Crippen molar-refractivity contribution in [3.8, 4) is 11.1 Å². The van der Waals surface area contributed by atoms with Gasteiger partial charge in [-0.25, -0.2) is 0 Å². The van der Waals surface area contributed by atoms with Crippen LogP contribution in [-0.4, -0.2) is 13.0 Å². The smallest absolute Gasteiger partial charge is 0.418 e. The Labute approximate surface area is 176 Å². The Morgan fingerprint density at radius 1 is 0.667 bits per heavy atom. The van der Waals surface area contributed by atoms with Crippen LogP contribution in [0.5, 0.6) is 0 Å². The van der Waals surface area contributed by atoms with Crippen LogP contribution in [0, 0.1) is 0 Å². The highest BCUT2D eigenvalue weighted by atomic mass is 32.2. The lowest BCUT2D eigenvalue weighted by molar-refractivity contribution is 0.368. The van der Waals surface area contributed by atoms with Gasteiger partial charge in [0.2, 0.25) is 0 Å². The van der Waals surface area contributed by atoms with Crippen molar-refractivity contribution in [2.75, 3.05) is 5.75 Å². The number of fused-ring (bicyclic) bond motifs is 7. The van der Waals surface area contributed by atoms with Crippen molar-refractivity contribution >= 4 is 39.7 Å². The van der Waals surface area contributed by atoms with Gasteiger partial charge in [-0.1, -0.05) is 72.8 Å². The molecule has 0 saturated heterocycles. The Morgan fingerprint density at radius 3 is 1.47 bits per heavy atom. The first-order chi connectivity index (χ1) is 14.3. The Balaban J connectivity index is 0.000000393. The number of benzene rings is 4. The van der Waals surface area contributed by atoms with Gasteiger partial charge < -0.3 is 17.3 Å². The van der Waals surface area contributed by atoms with Crippen molar-refractivity contribution in [2.45, 2.75) is 18.4 Å². The van der Waals surface area contributed by atoms with Crippen molar-refractivity contribution in [3.63, 3.8) is 0 Å². The van der Waals surface area contributed by atoms with E-state index in [1.165, 1.54) is 61.1 Å². The van der Waals surface area contributed by atoms with E-state index in [-0.39, 0.29) is 0 Å². The van der Waals surface area contributed by atoms with E-state index in [0.29, 0.717) is 10.9 Å². The molecule has 0 bridgehead atoms. The van der Waals surface area contributed by atoms with Gasteiger partial charge in [-0.05, 0) is 50.5 Å². The molecule has 0 amide bonds. The number of rotatable bonds is 1. The van der Waals surface area contributed by atoms with E-state index in [1.807, 2.05) is 0 Å². The Hall–Kier alpha value is -2.47. The van der Waals surface area contributed by atoms with Gasteiger partial charge in [0.05, 0.1) is 0 Å². The van der Waals surface area contributed by atoms with Gasteiger partial charge in [0, 0.05) is 11.1 Å². The number of hydrogen-bond acceptors (Lipinski definition) is 0. The van der Waals surface area contributed by atoms with E-state index in [2.05, 4.69) is 79.7 Å². The minimum absolute atomic E-state index is 0.422. The molecule has 0 nitrogen and oxygen atoms in total. The van der Waals surface area contributed by atoms with Crippen LogP contribution in [-0.2, 0) is 22.4 Å². The molecule has 6 heteroatoms. The third kappa shape index (κ3) is 4.34. The van der Waals surface area contributed by atoms with Crippen molar-refractivity contribution in [3.05, 3.63) is 83.9 Å². The zero-order chi connectivity index (χ0) is 21.3. The largest absolute Gasteiger partial charge is 0.673 e. The van der Waals surface area contributed by atoms with Gasteiger partial charge in [-0.2, -0.15) is 0 Å². The Kier molecular flexibility index (Phi) is 5.78. The van der Waals surface area contributed by atoms with Gasteiger partial charge >= 0.3 is 7.25 Å². The standard InChI is InChI=1S/C24H21S.BF4/c1-2-25-15-19-13-11-17-7-3-5-9-21(17)23(19)24-20(16-25)14-12-18-8-4-6-10-22(18)24;2-1(3,4)5/h3-14H,2,15-16H2,1H3;/q+1;-1. The summed E-state index contributed by atoms with van der Waals surface area (Å²) in [5, 5.41) is 5.50. The van der Waals surface area contributed by atoms with E-state index in [9.17, 15) is 17.3 Å². The average Bonchev–Trinajstić information content (AvgIpc) is 2.89. The molecule has 1 aliphatic heterocycles. The SMILES string of the molecule is CC[S+]1Cc2ccc3ccccc3c2-c2c(ccc3ccccc23)C1.F[B-](F)(F)F. The van der Waals surface area contributed by atoms with Gasteiger partial charge in [-0.3, -0.25) is 0 Å². The molecule has 1 heterocycles. The first-order valence-corrected chi connectivity index (χ1v) is 11.6. The summed E-state index contributed by atoms with van der Waals surface area (Å²) in [6.45, 7) is 2.34. The molecule has 0 spiro atoms.